The monoisotopic (exact) mass is 387 g/mol. The summed E-state index contributed by atoms with van der Waals surface area (Å²) in [7, 11) is -3.57. The third-order valence-electron chi connectivity index (χ3n) is 4.60. The standard InChI is InChI=1S/C20H25N3O3S/c1-13(2)23-27(25,26)17-9-6-14(7-10-17)20(24)22-19-5-3-4-15-12-16(21)8-11-18(15)19/h6-13,19,23H,3-5,21H2,1-2H3,(H,22,24). The fraction of sp³-hybridized carbons (Fsp3) is 0.350. The lowest BCUT2D eigenvalue weighted by Crippen LogP contribution is -2.31. The maximum atomic E-state index is 12.6. The van der Waals surface area contributed by atoms with Gasteiger partial charge >= 0.3 is 0 Å². The first kappa shape index (κ1) is 19.4. The van der Waals surface area contributed by atoms with Gasteiger partial charge in [0.15, 0.2) is 0 Å². The second-order valence-corrected chi connectivity index (χ2v) is 8.89. The van der Waals surface area contributed by atoms with Gasteiger partial charge in [0.25, 0.3) is 5.91 Å². The molecule has 3 rings (SSSR count). The summed E-state index contributed by atoms with van der Waals surface area (Å²) < 4.78 is 26.9. The Morgan fingerprint density at radius 3 is 2.52 bits per heavy atom. The predicted octanol–water partition coefficient (Wildman–Crippen LogP) is 2.76. The number of fused-ring (bicyclic) bond motifs is 1. The van der Waals surface area contributed by atoms with Crippen molar-refractivity contribution in [3.63, 3.8) is 0 Å². The maximum Gasteiger partial charge on any atom is 0.251 e. The van der Waals surface area contributed by atoms with E-state index in [0.717, 1.165) is 30.5 Å². The molecule has 0 saturated heterocycles. The number of benzene rings is 2. The second kappa shape index (κ2) is 7.70. The third-order valence-corrected chi connectivity index (χ3v) is 6.28. The molecule has 27 heavy (non-hydrogen) atoms. The molecule has 2 aromatic rings. The Morgan fingerprint density at radius 2 is 1.85 bits per heavy atom. The molecule has 2 aromatic carbocycles. The zero-order valence-corrected chi connectivity index (χ0v) is 16.3. The minimum Gasteiger partial charge on any atom is -0.399 e. The molecule has 0 spiro atoms. The van der Waals surface area contributed by atoms with E-state index in [0.29, 0.717) is 5.56 Å². The van der Waals surface area contributed by atoms with E-state index in [-0.39, 0.29) is 22.9 Å². The van der Waals surface area contributed by atoms with E-state index in [4.69, 9.17) is 5.73 Å². The average molecular weight is 388 g/mol. The van der Waals surface area contributed by atoms with Crippen LogP contribution in [0, 0.1) is 0 Å². The summed E-state index contributed by atoms with van der Waals surface area (Å²) in [5.41, 5.74) is 9.29. The van der Waals surface area contributed by atoms with Crippen molar-refractivity contribution in [3.8, 4) is 0 Å². The number of carbonyl (C=O) groups is 1. The largest absolute Gasteiger partial charge is 0.399 e. The highest BCUT2D eigenvalue weighted by Crippen LogP contribution is 2.31. The number of aryl methyl sites for hydroxylation is 1. The van der Waals surface area contributed by atoms with Crippen molar-refractivity contribution in [2.24, 2.45) is 0 Å². The first-order chi connectivity index (χ1) is 12.8. The Labute approximate surface area is 160 Å². The smallest absolute Gasteiger partial charge is 0.251 e. The van der Waals surface area contributed by atoms with Crippen molar-refractivity contribution >= 4 is 21.6 Å². The van der Waals surface area contributed by atoms with Gasteiger partial charge in [0.1, 0.15) is 0 Å². The molecule has 0 fully saturated rings. The van der Waals surface area contributed by atoms with Crippen LogP contribution in [0.2, 0.25) is 0 Å². The van der Waals surface area contributed by atoms with Crippen LogP contribution < -0.4 is 15.8 Å². The van der Waals surface area contributed by atoms with E-state index >= 15 is 0 Å². The zero-order valence-electron chi connectivity index (χ0n) is 15.5. The number of anilines is 1. The summed E-state index contributed by atoms with van der Waals surface area (Å²) in [6.45, 7) is 3.52. The van der Waals surface area contributed by atoms with Crippen molar-refractivity contribution in [1.82, 2.24) is 10.0 Å². The lowest BCUT2D eigenvalue weighted by Gasteiger charge is -2.26. The van der Waals surface area contributed by atoms with Crippen LogP contribution in [-0.4, -0.2) is 20.4 Å². The highest BCUT2D eigenvalue weighted by molar-refractivity contribution is 7.89. The van der Waals surface area contributed by atoms with Gasteiger partial charge in [-0.1, -0.05) is 6.07 Å². The molecule has 144 valence electrons. The highest BCUT2D eigenvalue weighted by Gasteiger charge is 2.23. The molecule has 0 heterocycles. The molecule has 6 nitrogen and oxygen atoms in total. The Kier molecular flexibility index (Phi) is 5.53. The molecule has 1 amide bonds. The summed E-state index contributed by atoms with van der Waals surface area (Å²) in [4.78, 5) is 12.8. The molecule has 1 aliphatic rings. The number of hydrogen-bond donors (Lipinski definition) is 3. The Morgan fingerprint density at radius 1 is 1.15 bits per heavy atom. The minimum atomic E-state index is -3.57. The van der Waals surface area contributed by atoms with Gasteiger partial charge in [0.05, 0.1) is 10.9 Å². The summed E-state index contributed by atoms with van der Waals surface area (Å²) in [6.07, 6.45) is 2.81. The number of rotatable bonds is 5. The van der Waals surface area contributed by atoms with Gasteiger partial charge in [-0.3, -0.25) is 4.79 Å². The Bertz CT molecular complexity index is 937. The van der Waals surface area contributed by atoms with Gasteiger partial charge in [0, 0.05) is 17.3 Å². The Hall–Kier alpha value is -2.38. The van der Waals surface area contributed by atoms with Crippen LogP contribution in [0.5, 0.6) is 0 Å². The molecule has 0 radical (unpaired) electrons. The SMILES string of the molecule is CC(C)NS(=O)(=O)c1ccc(C(=O)NC2CCCc3cc(N)ccc32)cc1. The van der Waals surface area contributed by atoms with Crippen LogP contribution >= 0.6 is 0 Å². The number of nitrogen functional groups attached to an aromatic ring is 1. The van der Waals surface area contributed by atoms with Gasteiger partial charge in [-0.05, 0) is 80.6 Å². The van der Waals surface area contributed by atoms with E-state index < -0.39 is 10.0 Å². The maximum absolute atomic E-state index is 12.6. The van der Waals surface area contributed by atoms with Crippen molar-refractivity contribution < 1.29 is 13.2 Å². The topological polar surface area (TPSA) is 101 Å². The molecule has 0 bridgehead atoms. The van der Waals surface area contributed by atoms with Crippen LogP contribution in [-0.2, 0) is 16.4 Å². The number of nitrogens with one attached hydrogen (secondary N) is 2. The molecule has 7 heteroatoms. The van der Waals surface area contributed by atoms with Crippen LogP contribution in [0.15, 0.2) is 47.4 Å². The van der Waals surface area contributed by atoms with Crippen LogP contribution in [0.3, 0.4) is 0 Å². The number of amides is 1. The second-order valence-electron chi connectivity index (χ2n) is 7.18. The van der Waals surface area contributed by atoms with Crippen molar-refractivity contribution in [1.29, 1.82) is 0 Å². The van der Waals surface area contributed by atoms with E-state index in [1.54, 1.807) is 13.8 Å². The van der Waals surface area contributed by atoms with E-state index in [9.17, 15) is 13.2 Å². The summed E-state index contributed by atoms with van der Waals surface area (Å²) in [5, 5.41) is 3.06. The number of sulfonamides is 1. The molecular formula is C20H25N3O3S. The van der Waals surface area contributed by atoms with Crippen LogP contribution in [0.25, 0.3) is 0 Å². The minimum absolute atomic E-state index is 0.0622. The average Bonchev–Trinajstić information content (AvgIpc) is 2.60. The summed E-state index contributed by atoms with van der Waals surface area (Å²) in [5.74, 6) is -0.217. The van der Waals surface area contributed by atoms with Crippen LogP contribution in [0.4, 0.5) is 5.69 Å². The van der Waals surface area contributed by atoms with Gasteiger partial charge in [-0.25, -0.2) is 13.1 Å². The van der Waals surface area contributed by atoms with E-state index in [1.807, 2.05) is 18.2 Å². The summed E-state index contributed by atoms with van der Waals surface area (Å²) >= 11 is 0. The van der Waals surface area contributed by atoms with E-state index in [1.165, 1.54) is 29.8 Å². The lowest BCUT2D eigenvalue weighted by molar-refractivity contribution is 0.0932. The molecule has 0 aliphatic heterocycles. The fourth-order valence-corrected chi connectivity index (χ4v) is 4.64. The van der Waals surface area contributed by atoms with Gasteiger partial charge in [-0.15, -0.1) is 0 Å². The van der Waals surface area contributed by atoms with Crippen LogP contribution in [0.1, 0.15) is 54.2 Å². The molecule has 0 aromatic heterocycles. The normalized spacial score (nSPS) is 16.8. The fourth-order valence-electron chi connectivity index (χ4n) is 3.39. The number of hydrogen-bond acceptors (Lipinski definition) is 4. The van der Waals surface area contributed by atoms with Gasteiger partial charge < -0.3 is 11.1 Å². The van der Waals surface area contributed by atoms with Gasteiger partial charge in [-0.2, -0.15) is 0 Å². The lowest BCUT2D eigenvalue weighted by atomic mass is 9.87. The van der Waals surface area contributed by atoms with E-state index in [2.05, 4.69) is 10.0 Å². The van der Waals surface area contributed by atoms with Crippen molar-refractivity contribution in [3.05, 3.63) is 59.2 Å². The highest BCUT2D eigenvalue weighted by atomic mass is 32.2. The molecule has 4 N–H and O–H groups in total. The zero-order chi connectivity index (χ0) is 19.6. The summed E-state index contributed by atoms with van der Waals surface area (Å²) in [6, 6.07) is 11.5. The molecule has 0 saturated carbocycles. The first-order valence-electron chi connectivity index (χ1n) is 9.08. The molecule has 1 unspecified atom stereocenters. The number of nitrogens with two attached hydrogens (primary N) is 1. The Balaban J connectivity index is 1.75. The predicted molar refractivity (Wildman–Crippen MR) is 106 cm³/mol. The third kappa shape index (κ3) is 4.48. The molecule has 1 atom stereocenters. The first-order valence-corrected chi connectivity index (χ1v) is 10.6. The van der Waals surface area contributed by atoms with Crippen molar-refractivity contribution in [2.75, 3.05) is 5.73 Å². The molecular weight excluding hydrogens is 362 g/mol. The number of carbonyl (C=O) groups excluding carboxylic acids is 1. The quantitative estimate of drug-likeness (QED) is 0.687. The van der Waals surface area contributed by atoms with Gasteiger partial charge in [0.2, 0.25) is 10.0 Å². The van der Waals surface area contributed by atoms with Crippen molar-refractivity contribution in [2.45, 2.75) is 50.1 Å². The molecule has 1 aliphatic carbocycles.